The standard InChI is InChI=1S/C12H16N2O2/c1-3-4-9(2)13-14-12(16)10-5-7-11(15)8-6-10/h5-8,15H,3-4H2,1-2H3,(H,14,16)/b13-9-. The molecule has 0 aliphatic rings. The van der Waals surface area contributed by atoms with Crippen LogP contribution in [0.5, 0.6) is 5.75 Å². The number of rotatable bonds is 4. The zero-order valence-electron chi connectivity index (χ0n) is 9.53. The van der Waals surface area contributed by atoms with Crippen LogP contribution in [0.2, 0.25) is 0 Å². The monoisotopic (exact) mass is 220 g/mol. The number of hydrogen-bond donors (Lipinski definition) is 2. The minimum absolute atomic E-state index is 0.141. The summed E-state index contributed by atoms with van der Waals surface area (Å²) in [4.78, 5) is 11.6. The summed E-state index contributed by atoms with van der Waals surface area (Å²) in [6.45, 7) is 3.93. The van der Waals surface area contributed by atoms with Gasteiger partial charge in [-0.15, -0.1) is 0 Å². The maximum Gasteiger partial charge on any atom is 0.271 e. The number of carbonyl (C=O) groups excluding carboxylic acids is 1. The largest absolute Gasteiger partial charge is 0.508 e. The minimum atomic E-state index is -0.268. The zero-order valence-corrected chi connectivity index (χ0v) is 9.53. The minimum Gasteiger partial charge on any atom is -0.508 e. The summed E-state index contributed by atoms with van der Waals surface area (Å²) in [5.74, 6) is -0.127. The summed E-state index contributed by atoms with van der Waals surface area (Å²) in [5, 5.41) is 13.0. The highest BCUT2D eigenvalue weighted by atomic mass is 16.3. The van der Waals surface area contributed by atoms with E-state index >= 15 is 0 Å². The highest BCUT2D eigenvalue weighted by molar-refractivity contribution is 5.95. The van der Waals surface area contributed by atoms with Crippen molar-refractivity contribution in [3.05, 3.63) is 29.8 Å². The fourth-order valence-electron chi connectivity index (χ4n) is 1.24. The Morgan fingerprint density at radius 2 is 2.00 bits per heavy atom. The van der Waals surface area contributed by atoms with Gasteiger partial charge in [-0.1, -0.05) is 13.3 Å². The van der Waals surface area contributed by atoms with Crippen LogP contribution in [0.25, 0.3) is 0 Å². The molecule has 0 unspecified atom stereocenters. The molecule has 0 saturated carbocycles. The molecule has 4 heteroatoms. The van der Waals surface area contributed by atoms with Crippen molar-refractivity contribution in [1.82, 2.24) is 5.43 Å². The Morgan fingerprint density at radius 1 is 1.38 bits per heavy atom. The number of hydrazone groups is 1. The van der Waals surface area contributed by atoms with Crippen molar-refractivity contribution in [1.29, 1.82) is 0 Å². The SMILES string of the molecule is CCC/C(C)=N\NC(=O)c1ccc(O)cc1. The summed E-state index contributed by atoms with van der Waals surface area (Å²) in [5.41, 5.74) is 3.85. The van der Waals surface area contributed by atoms with Crippen molar-refractivity contribution in [2.75, 3.05) is 0 Å². The Labute approximate surface area is 95.0 Å². The zero-order chi connectivity index (χ0) is 12.0. The van der Waals surface area contributed by atoms with E-state index in [0.29, 0.717) is 5.56 Å². The van der Waals surface area contributed by atoms with E-state index in [4.69, 9.17) is 5.11 Å². The molecule has 0 atom stereocenters. The maximum absolute atomic E-state index is 11.6. The molecular formula is C12H16N2O2. The van der Waals surface area contributed by atoms with Gasteiger partial charge in [-0.05, 0) is 37.6 Å². The number of aromatic hydroxyl groups is 1. The van der Waals surface area contributed by atoms with E-state index in [1.165, 1.54) is 12.1 Å². The first-order chi connectivity index (χ1) is 7.63. The second kappa shape index (κ2) is 5.90. The first kappa shape index (κ1) is 12.2. The highest BCUT2D eigenvalue weighted by Gasteiger charge is 2.03. The second-order valence-electron chi connectivity index (χ2n) is 3.58. The average molecular weight is 220 g/mol. The van der Waals surface area contributed by atoms with E-state index in [2.05, 4.69) is 17.5 Å². The molecule has 0 aliphatic carbocycles. The third-order valence-corrected chi connectivity index (χ3v) is 2.09. The van der Waals surface area contributed by atoms with Gasteiger partial charge in [0.05, 0.1) is 0 Å². The van der Waals surface area contributed by atoms with Gasteiger partial charge in [-0.2, -0.15) is 5.10 Å². The topological polar surface area (TPSA) is 61.7 Å². The molecule has 0 bridgehead atoms. The molecule has 0 radical (unpaired) electrons. The molecule has 0 heterocycles. The second-order valence-corrected chi connectivity index (χ2v) is 3.58. The van der Waals surface area contributed by atoms with Gasteiger partial charge in [-0.3, -0.25) is 4.79 Å². The van der Waals surface area contributed by atoms with Gasteiger partial charge in [0.25, 0.3) is 5.91 Å². The van der Waals surface area contributed by atoms with Gasteiger partial charge >= 0.3 is 0 Å². The van der Waals surface area contributed by atoms with E-state index in [1.54, 1.807) is 12.1 Å². The van der Waals surface area contributed by atoms with Crippen LogP contribution in [0.15, 0.2) is 29.4 Å². The number of nitrogens with one attached hydrogen (secondary N) is 1. The molecule has 0 aliphatic heterocycles. The van der Waals surface area contributed by atoms with Crippen LogP contribution in [-0.4, -0.2) is 16.7 Å². The van der Waals surface area contributed by atoms with Gasteiger partial charge in [0.1, 0.15) is 5.75 Å². The lowest BCUT2D eigenvalue weighted by molar-refractivity contribution is 0.0954. The third kappa shape index (κ3) is 3.73. The average Bonchev–Trinajstić information content (AvgIpc) is 2.27. The Balaban J connectivity index is 2.59. The summed E-state index contributed by atoms with van der Waals surface area (Å²) >= 11 is 0. The maximum atomic E-state index is 11.6. The number of benzene rings is 1. The van der Waals surface area contributed by atoms with Crippen LogP contribution in [0.1, 0.15) is 37.0 Å². The van der Waals surface area contributed by atoms with Crippen molar-refractivity contribution >= 4 is 11.6 Å². The number of carbonyl (C=O) groups is 1. The smallest absolute Gasteiger partial charge is 0.271 e. The summed E-state index contributed by atoms with van der Waals surface area (Å²) in [6, 6.07) is 6.04. The number of phenols is 1. The molecule has 16 heavy (non-hydrogen) atoms. The molecule has 1 amide bonds. The van der Waals surface area contributed by atoms with Gasteiger partial charge in [0, 0.05) is 11.3 Å². The Bertz CT molecular complexity index is 383. The van der Waals surface area contributed by atoms with Gasteiger partial charge in [-0.25, -0.2) is 5.43 Å². The summed E-state index contributed by atoms with van der Waals surface area (Å²) in [6.07, 6.45) is 1.88. The van der Waals surface area contributed by atoms with Crippen LogP contribution in [-0.2, 0) is 0 Å². The van der Waals surface area contributed by atoms with Crippen molar-refractivity contribution in [3.8, 4) is 5.75 Å². The van der Waals surface area contributed by atoms with Gasteiger partial charge in [0.15, 0.2) is 0 Å². The van der Waals surface area contributed by atoms with Crippen molar-refractivity contribution < 1.29 is 9.90 Å². The molecule has 2 N–H and O–H groups in total. The van der Waals surface area contributed by atoms with Gasteiger partial charge < -0.3 is 5.11 Å². The summed E-state index contributed by atoms with van der Waals surface area (Å²) in [7, 11) is 0. The first-order valence-electron chi connectivity index (χ1n) is 5.26. The third-order valence-electron chi connectivity index (χ3n) is 2.09. The van der Waals surface area contributed by atoms with E-state index < -0.39 is 0 Å². The van der Waals surface area contributed by atoms with E-state index in [1.807, 2.05) is 6.92 Å². The fourth-order valence-corrected chi connectivity index (χ4v) is 1.24. The van der Waals surface area contributed by atoms with E-state index in [0.717, 1.165) is 18.6 Å². The number of amides is 1. The number of phenolic OH excluding ortho intramolecular Hbond substituents is 1. The lowest BCUT2D eigenvalue weighted by Gasteiger charge is -2.01. The van der Waals surface area contributed by atoms with Crippen LogP contribution < -0.4 is 5.43 Å². The molecule has 1 rings (SSSR count). The Kier molecular flexibility index (Phi) is 4.51. The molecular weight excluding hydrogens is 204 g/mol. The number of nitrogens with zero attached hydrogens (tertiary/aromatic N) is 1. The molecule has 1 aromatic rings. The van der Waals surface area contributed by atoms with Crippen molar-refractivity contribution in [2.45, 2.75) is 26.7 Å². The van der Waals surface area contributed by atoms with Crippen LogP contribution >= 0.6 is 0 Å². The molecule has 86 valence electrons. The van der Waals surface area contributed by atoms with Crippen LogP contribution in [0, 0.1) is 0 Å². The first-order valence-corrected chi connectivity index (χ1v) is 5.26. The highest BCUT2D eigenvalue weighted by Crippen LogP contribution is 2.09. The number of hydrogen-bond acceptors (Lipinski definition) is 3. The molecule has 0 spiro atoms. The lowest BCUT2D eigenvalue weighted by atomic mass is 10.2. The predicted octanol–water partition coefficient (Wildman–Crippen LogP) is 2.30. The molecule has 1 aromatic carbocycles. The quantitative estimate of drug-likeness (QED) is 0.604. The molecule has 0 saturated heterocycles. The van der Waals surface area contributed by atoms with E-state index in [-0.39, 0.29) is 11.7 Å². The summed E-state index contributed by atoms with van der Waals surface area (Å²) < 4.78 is 0. The molecule has 4 nitrogen and oxygen atoms in total. The van der Waals surface area contributed by atoms with Gasteiger partial charge in [0.2, 0.25) is 0 Å². The van der Waals surface area contributed by atoms with Crippen LogP contribution in [0.4, 0.5) is 0 Å². The molecule has 0 aromatic heterocycles. The van der Waals surface area contributed by atoms with E-state index in [9.17, 15) is 4.79 Å². The predicted molar refractivity (Wildman–Crippen MR) is 63.6 cm³/mol. The molecule has 0 fully saturated rings. The van der Waals surface area contributed by atoms with Crippen LogP contribution in [0.3, 0.4) is 0 Å². The van der Waals surface area contributed by atoms with Crippen molar-refractivity contribution in [2.24, 2.45) is 5.10 Å². The normalized spacial score (nSPS) is 11.2. The Morgan fingerprint density at radius 3 is 2.56 bits per heavy atom. The lowest BCUT2D eigenvalue weighted by Crippen LogP contribution is -2.18. The fraction of sp³-hybridized carbons (Fsp3) is 0.333. The Hall–Kier alpha value is -1.84. The van der Waals surface area contributed by atoms with Crippen molar-refractivity contribution in [3.63, 3.8) is 0 Å².